The van der Waals surface area contributed by atoms with Crippen molar-refractivity contribution in [3.63, 3.8) is 0 Å². The molecule has 0 N–H and O–H groups in total. The molecular formula is C22H28B2O4S2. The van der Waals surface area contributed by atoms with Crippen molar-refractivity contribution in [2.45, 2.75) is 77.8 Å². The lowest BCUT2D eigenvalue weighted by Gasteiger charge is -2.32. The molecule has 2 aliphatic rings. The smallest absolute Gasteiger partial charge is 0.399 e. The van der Waals surface area contributed by atoms with Crippen molar-refractivity contribution in [2.75, 3.05) is 0 Å². The Kier molecular flexibility index (Phi) is 4.43. The van der Waals surface area contributed by atoms with Crippen molar-refractivity contribution in [2.24, 2.45) is 0 Å². The van der Waals surface area contributed by atoms with E-state index in [2.05, 4.69) is 78.3 Å². The highest BCUT2D eigenvalue weighted by Crippen LogP contribution is 2.41. The van der Waals surface area contributed by atoms with Crippen molar-refractivity contribution in [3.8, 4) is 0 Å². The SMILES string of the molecule is CC1(C)OB(c2c(B3OC(C)(C)C(C)(C)O3)c3sccc3c3ccsc23)OC1(C)C. The monoisotopic (exact) mass is 442 g/mol. The van der Waals surface area contributed by atoms with Crippen molar-refractivity contribution in [3.05, 3.63) is 22.9 Å². The molecule has 2 saturated heterocycles. The predicted molar refractivity (Wildman–Crippen MR) is 129 cm³/mol. The molecule has 158 valence electrons. The zero-order chi connectivity index (χ0) is 21.7. The normalized spacial score (nSPS) is 24.4. The second-order valence-electron chi connectivity index (χ2n) is 10.3. The summed E-state index contributed by atoms with van der Waals surface area (Å²) < 4.78 is 28.5. The molecule has 8 heteroatoms. The standard InChI is InChI=1S/C22H28B2O4S2/c1-19(2)20(3,4)26-23(25-19)15-16(24-27-21(5,6)22(7,8)28-24)18-14(10-12-30-18)13-9-11-29-17(13)15/h9-12H,1-8H3. The maximum Gasteiger partial charge on any atom is 0.496 e. The lowest BCUT2D eigenvalue weighted by atomic mass is 9.64. The quantitative estimate of drug-likeness (QED) is 0.539. The molecule has 30 heavy (non-hydrogen) atoms. The van der Waals surface area contributed by atoms with E-state index in [9.17, 15) is 0 Å². The van der Waals surface area contributed by atoms with Gasteiger partial charge in [0, 0.05) is 31.1 Å². The van der Waals surface area contributed by atoms with Crippen molar-refractivity contribution < 1.29 is 18.6 Å². The lowest BCUT2D eigenvalue weighted by molar-refractivity contribution is 0.00578. The molecule has 3 aromatic rings. The molecule has 4 heterocycles. The number of benzene rings is 1. The Hall–Kier alpha value is -0.890. The molecule has 0 atom stereocenters. The molecule has 0 bridgehead atoms. The van der Waals surface area contributed by atoms with Crippen LogP contribution < -0.4 is 10.9 Å². The molecule has 5 rings (SSSR count). The first-order chi connectivity index (χ1) is 13.8. The highest BCUT2D eigenvalue weighted by atomic mass is 32.1. The molecule has 4 nitrogen and oxygen atoms in total. The van der Waals surface area contributed by atoms with Gasteiger partial charge < -0.3 is 18.6 Å². The summed E-state index contributed by atoms with van der Waals surface area (Å²) in [7, 11) is -0.951. The third kappa shape index (κ3) is 2.81. The second-order valence-corrected chi connectivity index (χ2v) is 12.2. The average molecular weight is 442 g/mol. The van der Waals surface area contributed by atoms with E-state index in [1.165, 1.54) is 20.2 Å². The molecule has 0 radical (unpaired) electrons. The zero-order valence-electron chi connectivity index (χ0n) is 18.9. The number of fused-ring (bicyclic) bond motifs is 3. The van der Waals surface area contributed by atoms with Crippen LogP contribution in [0.3, 0.4) is 0 Å². The van der Waals surface area contributed by atoms with Gasteiger partial charge in [-0.25, -0.2) is 0 Å². The summed E-state index contributed by atoms with van der Waals surface area (Å²) in [6, 6.07) is 4.38. The first-order valence-electron chi connectivity index (χ1n) is 10.5. The minimum Gasteiger partial charge on any atom is -0.399 e. The fourth-order valence-corrected chi connectivity index (χ4v) is 6.05. The van der Waals surface area contributed by atoms with Crippen LogP contribution in [-0.4, -0.2) is 36.6 Å². The molecule has 2 aliphatic heterocycles. The summed E-state index contributed by atoms with van der Waals surface area (Å²) in [4.78, 5) is 0. The lowest BCUT2D eigenvalue weighted by Crippen LogP contribution is -2.52. The summed E-state index contributed by atoms with van der Waals surface area (Å²) in [6.45, 7) is 16.8. The van der Waals surface area contributed by atoms with Gasteiger partial charge in [0.05, 0.1) is 22.4 Å². The van der Waals surface area contributed by atoms with Crippen LogP contribution in [0.5, 0.6) is 0 Å². The van der Waals surface area contributed by atoms with Gasteiger partial charge in [-0.15, -0.1) is 22.7 Å². The zero-order valence-corrected chi connectivity index (χ0v) is 20.5. The van der Waals surface area contributed by atoms with Gasteiger partial charge in [-0.3, -0.25) is 0 Å². The van der Waals surface area contributed by atoms with E-state index >= 15 is 0 Å². The molecule has 1 aromatic carbocycles. The first kappa shape index (κ1) is 21.0. The van der Waals surface area contributed by atoms with Crippen LogP contribution in [0.4, 0.5) is 0 Å². The van der Waals surface area contributed by atoms with E-state index in [4.69, 9.17) is 18.6 Å². The van der Waals surface area contributed by atoms with E-state index in [1.54, 1.807) is 22.7 Å². The highest BCUT2D eigenvalue weighted by molar-refractivity contribution is 7.22. The maximum atomic E-state index is 6.54. The maximum absolute atomic E-state index is 6.54. The van der Waals surface area contributed by atoms with Gasteiger partial charge in [0.15, 0.2) is 0 Å². The summed E-state index contributed by atoms with van der Waals surface area (Å²) >= 11 is 3.45. The minimum atomic E-state index is -0.475. The Morgan fingerprint density at radius 1 is 0.567 bits per heavy atom. The van der Waals surface area contributed by atoms with Crippen LogP contribution in [0.15, 0.2) is 22.9 Å². The average Bonchev–Trinajstić information content (AvgIpc) is 3.32. The molecular weight excluding hydrogens is 414 g/mol. The van der Waals surface area contributed by atoms with Crippen LogP contribution in [0.1, 0.15) is 55.4 Å². The Morgan fingerprint density at radius 2 is 0.867 bits per heavy atom. The van der Waals surface area contributed by atoms with Gasteiger partial charge in [0.2, 0.25) is 0 Å². The van der Waals surface area contributed by atoms with E-state index in [-0.39, 0.29) is 0 Å². The number of rotatable bonds is 2. The number of hydrogen-bond acceptors (Lipinski definition) is 6. The molecule has 0 spiro atoms. The van der Waals surface area contributed by atoms with Crippen LogP contribution in [0, 0.1) is 0 Å². The van der Waals surface area contributed by atoms with Gasteiger partial charge >= 0.3 is 14.2 Å². The summed E-state index contributed by atoms with van der Waals surface area (Å²) in [5.74, 6) is 0. The molecule has 0 amide bonds. The molecule has 0 saturated carbocycles. The molecule has 0 aliphatic carbocycles. The Labute approximate surface area is 187 Å². The van der Waals surface area contributed by atoms with E-state index in [0.29, 0.717) is 0 Å². The van der Waals surface area contributed by atoms with Crippen LogP contribution in [-0.2, 0) is 18.6 Å². The predicted octanol–water partition coefficient (Wildman–Crippen LogP) is 4.71. The highest BCUT2D eigenvalue weighted by Gasteiger charge is 2.57. The molecule has 2 fully saturated rings. The van der Waals surface area contributed by atoms with Gasteiger partial charge in [-0.1, -0.05) is 0 Å². The van der Waals surface area contributed by atoms with Gasteiger partial charge in [0.1, 0.15) is 0 Å². The fourth-order valence-electron chi connectivity index (χ4n) is 4.09. The Morgan fingerprint density at radius 3 is 1.17 bits per heavy atom. The van der Waals surface area contributed by atoms with Gasteiger partial charge in [-0.05, 0) is 78.3 Å². The van der Waals surface area contributed by atoms with E-state index < -0.39 is 36.6 Å². The number of thiophene rings is 2. The Balaban J connectivity index is 1.78. The van der Waals surface area contributed by atoms with Crippen LogP contribution in [0.25, 0.3) is 20.2 Å². The van der Waals surface area contributed by atoms with Crippen LogP contribution >= 0.6 is 22.7 Å². The van der Waals surface area contributed by atoms with Crippen molar-refractivity contribution in [1.29, 1.82) is 0 Å². The topological polar surface area (TPSA) is 36.9 Å². The third-order valence-corrected chi connectivity index (χ3v) is 9.27. The third-order valence-electron chi connectivity index (χ3n) is 7.38. The second kappa shape index (κ2) is 6.33. The summed E-state index contributed by atoms with van der Waals surface area (Å²) in [5.41, 5.74) is 0.425. The van der Waals surface area contributed by atoms with Crippen molar-refractivity contribution in [1.82, 2.24) is 0 Å². The van der Waals surface area contributed by atoms with Crippen LogP contribution in [0.2, 0.25) is 0 Å². The minimum absolute atomic E-state index is 0.418. The van der Waals surface area contributed by atoms with E-state index in [1.807, 2.05) is 0 Å². The summed E-state index contributed by atoms with van der Waals surface area (Å²) in [6.07, 6.45) is 0. The fraction of sp³-hybridized carbons (Fsp3) is 0.545. The molecule has 0 unspecified atom stereocenters. The summed E-state index contributed by atoms with van der Waals surface area (Å²) in [5, 5.41) is 6.76. The van der Waals surface area contributed by atoms with E-state index in [0.717, 1.165) is 10.9 Å². The Bertz CT molecular complexity index is 1020. The van der Waals surface area contributed by atoms with Gasteiger partial charge in [-0.2, -0.15) is 0 Å². The first-order valence-corrected chi connectivity index (χ1v) is 12.2. The largest absolute Gasteiger partial charge is 0.496 e. The van der Waals surface area contributed by atoms with Gasteiger partial charge in [0.25, 0.3) is 0 Å². The van der Waals surface area contributed by atoms with Crippen molar-refractivity contribution >= 4 is 68.0 Å². The molecule has 2 aromatic heterocycles. The number of hydrogen-bond donors (Lipinski definition) is 0.